The SMILES string of the molecule is Cc1cccc(CN(C(=O)CN(c2ccc(C(C)(C)C)cc2)S(C)(=O)=O)C(Cc2ccccc2)C(=O)NC(C)C)c1. The summed E-state index contributed by atoms with van der Waals surface area (Å²) in [7, 11) is -3.81. The van der Waals surface area contributed by atoms with E-state index in [2.05, 4.69) is 26.1 Å². The number of carbonyl (C=O) groups excluding carboxylic acids is 2. The minimum Gasteiger partial charge on any atom is -0.352 e. The number of hydrogen-bond donors (Lipinski definition) is 1. The van der Waals surface area contributed by atoms with Gasteiger partial charge < -0.3 is 10.2 Å². The van der Waals surface area contributed by atoms with E-state index in [1.54, 1.807) is 12.1 Å². The van der Waals surface area contributed by atoms with Crippen molar-refractivity contribution in [3.05, 3.63) is 101 Å². The molecular weight excluding hydrogens is 534 g/mol. The van der Waals surface area contributed by atoms with E-state index in [0.29, 0.717) is 5.69 Å². The largest absolute Gasteiger partial charge is 0.352 e. The number of rotatable bonds is 11. The maximum absolute atomic E-state index is 14.2. The van der Waals surface area contributed by atoms with E-state index in [0.717, 1.165) is 32.8 Å². The van der Waals surface area contributed by atoms with Crippen LogP contribution in [0, 0.1) is 6.92 Å². The van der Waals surface area contributed by atoms with Crippen LogP contribution < -0.4 is 9.62 Å². The smallest absolute Gasteiger partial charge is 0.244 e. The van der Waals surface area contributed by atoms with Gasteiger partial charge in [0.05, 0.1) is 11.9 Å². The van der Waals surface area contributed by atoms with E-state index >= 15 is 0 Å². The van der Waals surface area contributed by atoms with Crippen LogP contribution in [-0.4, -0.2) is 50.0 Å². The molecule has 7 nitrogen and oxygen atoms in total. The van der Waals surface area contributed by atoms with Gasteiger partial charge in [0.1, 0.15) is 12.6 Å². The highest BCUT2D eigenvalue weighted by molar-refractivity contribution is 7.92. The third-order valence-corrected chi connectivity index (χ3v) is 7.98. The number of aryl methyl sites for hydroxylation is 1. The first-order chi connectivity index (χ1) is 19.1. The van der Waals surface area contributed by atoms with E-state index < -0.39 is 28.5 Å². The zero-order valence-corrected chi connectivity index (χ0v) is 26.0. The molecule has 0 saturated carbocycles. The number of nitrogens with one attached hydrogen (secondary N) is 1. The van der Waals surface area contributed by atoms with Crippen molar-refractivity contribution in [1.82, 2.24) is 10.2 Å². The average molecular weight is 578 g/mol. The average Bonchev–Trinajstić information content (AvgIpc) is 2.88. The number of anilines is 1. The van der Waals surface area contributed by atoms with Crippen LogP contribution in [-0.2, 0) is 38.0 Å². The zero-order valence-electron chi connectivity index (χ0n) is 25.2. The molecule has 3 aromatic carbocycles. The van der Waals surface area contributed by atoms with Crippen LogP contribution in [0.2, 0.25) is 0 Å². The molecule has 0 aliphatic heterocycles. The van der Waals surface area contributed by atoms with Crippen molar-refractivity contribution >= 4 is 27.5 Å². The molecule has 0 bridgehead atoms. The summed E-state index contributed by atoms with van der Waals surface area (Å²) in [5, 5.41) is 2.97. The molecule has 220 valence electrons. The Balaban J connectivity index is 2.05. The lowest BCUT2D eigenvalue weighted by Gasteiger charge is -2.34. The van der Waals surface area contributed by atoms with E-state index in [-0.39, 0.29) is 30.3 Å². The standard InChI is InChI=1S/C33H43N3O4S/c1-24(2)34-32(38)30(21-26-13-9-8-10-14-26)35(22-27-15-11-12-25(3)20-27)31(37)23-36(41(7,39)40)29-18-16-28(17-19-29)33(4,5)6/h8-20,24,30H,21-23H2,1-7H3,(H,34,38). The number of nitrogens with zero attached hydrogens (tertiary/aromatic N) is 2. The highest BCUT2D eigenvalue weighted by Crippen LogP contribution is 2.26. The van der Waals surface area contributed by atoms with Gasteiger partial charge in [-0.05, 0) is 55.0 Å². The highest BCUT2D eigenvalue weighted by Gasteiger charge is 2.33. The molecule has 2 amide bonds. The summed E-state index contributed by atoms with van der Waals surface area (Å²) in [5.74, 6) is -0.748. The molecule has 0 fully saturated rings. The lowest BCUT2D eigenvalue weighted by molar-refractivity contribution is -0.140. The normalized spacial score (nSPS) is 12.6. The van der Waals surface area contributed by atoms with Gasteiger partial charge in [-0.2, -0.15) is 0 Å². The second-order valence-electron chi connectivity index (χ2n) is 11.9. The Labute approximate surface area is 245 Å². The third-order valence-electron chi connectivity index (χ3n) is 6.84. The molecule has 1 N–H and O–H groups in total. The molecule has 0 radical (unpaired) electrons. The molecule has 0 aliphatic rings. The van der Waals surface area contributed by atoms with Gasteiger partial charge in [0.25, 0.3) is 0 Å². The van der Waals surface area contributed by atoms with Gasteiger partial charge >= 0.3 is 0 Å². The molecule has 0 aromatic heterocycles. The quantitative estimate of drug-likeness (QED) is 0.338. The molecule has 8 heteroatoms. The Bertz CT molecular complexity index is 1430. The summed E-state index contributed by atoms with van der Waals surface area (Å²) in [4.78, 5) is 29.3. The first-order valence-electron chi connectivity index (χ1n) is 13.9. The first kappa shape index (κ1) is 31.9. The molecule has 0 spiro atoms. The fourth-order valence-corrected chi connectivity index (χ4v) is 5.53. The Morgan fingerprint density at radius 1 is 0.878 bits per heavy atom. The molecule has 0 saturated heterocycles. The van der Waals surface area contributed by atoms with Crippen molar-refractivity contribution in [2.75, 3.05) is 17.1 Å². The summed E-state index contributed by atoms with van der Waals surface area (Å²) < 4.78 is 27.1. The number of hydrogen-bond acceptors (Lipinski definition) is 4. The Morgan fingerprint density at radius 3 is 2.02 bits per heavy atom. The summed E-state index contributed by atoms with van der Waals surface area (Å²) in [5.41, 5.74) is 4.12. The highest BCUT2D eigenvalue weighted by atomic mass is 32.2. The number of amides is 2. The maximum atomic E-state index is 14.2. The van der Waals surface area contributed by atoms with Crippen LogP contribution in [0.5, 0.6) is 0 Å². The van der Waals surface area contributed by atoms with Gasteiger partial charge in [-0.3, -0.25) is 13.9 Å². The second kappa shape index (κ2) is 13.3. The molecule has 3 rings (SSSR count). The van der Waals surface area contributed by atoms with Crippen LogP contribution in [0.1, 0.15) is 56.9 Å². The van der Waals surface area contributed by atoms with Crippen LogP contribution in [0.25, 0.3) is 0 Å². The van der Waals surface area contributed by atoms with Crippen molar-refractivity contribution in [2.45, 2.75) is 72.0 Å². The van der Waals surface area contributed by atoms with Crippen molar-refractivity contribution < 1.29 is 18.0 Å². The maximum Gasteiger partial charge on any atom is 0.244 e. The van der Waals surface area contributed by atoms with Gasteiger partial charge in [0.15, 0.2) is 0 Å². The van der Waals surface area contributed by atoms with Gasteiger partial charge in [0, 0.05) is 19.0 Å². The van der Waals surface area contributed by atoms with E-state index in [9.17, 15) is 18.0 Å². The molecule has 1 atom stereocenters. The van der Waals surface area contributed by atoms with Crippen LogP contribution in [0.3, 0.4) is 0 Å². The fourth-order valence-electron chi connectivity index (χ4n) is 4.68. The van der Waals surface area contributed by atoms with Crippen LogP contribution in [0.15, 0.2) is 78.9 Å². The van der Waals surface area contributed by atoms with Gasteiger partial charge in [-0.1, -0.05) is 93.1 Å². The fraction of sp³-hybridized carbons (Fsp3) is 0.394. The minimum atomic E-state index is -3.81. The monoisotopic (exact) mass is 577 g/mol. The molecule has 0 heterocycles. The van der Waals surface area contributed by atoms with Crippen molar-refractivity contribution in [2.24, 2.45) is 0 Å². The van der Waals surface area contributed by atoms with E-state index in [4.69, 9.17) is 0 Å². The van der Waals surface area contributed by atoms with E-state index in [1.807, 2.05) is 87.5 Å². The predicted molar refractivity (Wildman–Crippen MR) is 166 cm³/mol. The molecular formula is C33H43N3O4S. The number of benzene rings is 3. The lowest BCUT2D eigenvalue weighted by atomic mass is 9.87. The van der Waals surface area contributed by atoms with Gasteiger partial charge in [-0.25, -0.2) is 8.42 Å². The lowest BCUT2D eigenvalue weighted by Crippen LogP contribution is -2.54. The predicted octanol–water partition coefficient (Wildman–Crippen LogP) is 5.22. The first-order valence-corrected chi connectivity index (χ1v) is 15.8. The van der Waals surface area contributed by atoms with Crippen LogP contribution >= 0.6 is 0 Å². The minimum absolute atomic E-state index is 0.108. The number of sulfonamides is 1. The summed E-state index contributed by atoms with van der Waals surface area (Å²) >= 11 is 0. The number of carbonyl (C=O) groups is 2. The summed E-state index contributed by atoms with van der Waals surface area (Å²) in [6.07, 6.45) is 1.38. The Morgan fingerprint density at radius 2 is 1.49 bits per heavy atom. The Kier molecular flexibility index (Phi) is 10.4. The van der Waals surface area contributed by atoms with Crippen molar-refractivity contribution in [3.8, 4) is 0 Å². The van der Waals surface area contributed by atoms with Gasteiger partial charge in [0.2, 0.25) is 21.8 Å². The molecule has 0 aliphatic carbocycles. The van der Waals surface area contributed by atoms with Crippen LogP contribution in [0.4, 0.5) is 5.69 Å². The van der Waals surface area contributed by atoms with Gasteiger partial charge in [-0.15, -0.1) is 0 Å². The summed E-state index contributed by atoms with van der Waals surface area (Å²) in [6.45, 7) is 11.7. The van der Waals surface area contributed by atoms with E-state index in [1.165, 1.54) is 4.90 Å². The summed E-state index contributed by atoms with van der Waals surface area (Å²) in [6, 6.07) is 23.5. The molecule has 41 heavy (non-hydrogen) atoms. The third kappa shape index (κ3) is 9.18. The second-order valence-corrected chi connectivity index (χ2v) is 13.9. The topological polar surface area (TPSA) is 86.8 Å². The zero-order chi connectivity index (χ0) is 30.4. The Hall–Kier alpha value is -3.65. The van der Waals surface area contributed by atoms with Crippen molar-refractivity contribution in [1.29, 1.82) is 0 Å². The van der Waals surface area contributed by atoms with Crippen molar-refractivity contribution in [3.63, 3.8) is 0 Å². The molecule has 3 aromatic rings. The molecule has 1 unspecified atom stereocenters.